The lowest BCUT2D eigenvalue weighted by molar-refractivity contribution is -0.133. The summed E-state index contributed by atoms with van der Waals surface area (Å²) in [4.78, 5) is 14.2. The van der Waals surface area contributed by atoms with Crippen LogP contribution in [0.25, 0.3) is 0 Å². The van der Waals surface area contributed by atoms with Crippen molar-refractivity contribution in [3.8, 4) is 0 Å². The Morgan fingerprint density at radius 1 is 1.43 bits per heavy atom. The van der Waals surface area contributed by atoms with Gasteiger partial charge in [0.15, 0.2) is 0 Å². The third-order valence-corrected chi connectivity index (χ3v) is 4.51. The quantitative estimate of drug-likeness (QED) is 0.906. The van der Waals surface area contributed by atoms with Crippen molar-refractivity contribution in [2.45, 2.75) is 45.1 Å². The molecule has 3 nitrogen and oxygen atoms in total. The molecule has 1 aliphatic heterocycles. The minimum absolute atomic E-state index is 0.217. The first-order chi connectivity index (χ1) is 10.1. The minimum atomic E-state index is -0.324. The van der Waals surface area contributed by atoms with E-state index < -0.39 is 0 Å². The molecule has 1 fully saturated rings. The highest BCUT2D eigenvalue weighted by molar-refractivity contribution is 6.30. The van der Waals surface area contributed by atoms with E-state index in [0.29, 0.717) is 13.0 Å². The van der Waals surface area contributed by atoms with Crippen LogP contribution in [0, 0.1) is 5.92 Å². The summed E-state index contributed by atoms with van der Waals surface area (Å²) in [6, 6.07) is 7.79. The Morgan fingerprint density at radius 2 is 2.14 bits per heavy atom. The number of hydrogen-bond donors (Lipinski definition) is 1. The van der Waals surface area contributed by atoms with Gasteiger partial charge in [0.05, 0.1) is 6.10 Å². The van der Waals surface area contributed by atoms with Gasteiger partial charge in [0, 0.05) is 30.5 Å². The number of halogens is 1. The van der Waals surface area contributed by atoms with Crippen molar-refractivity contribution in [2.24, 2.45) is 5.92 Å². The van der Waals surface area contributed by atoms with Gasteiger partial charge in [0.2, 0.25) is 5.91 Å². The van der Waals surface area contributed by atoms with Crippen molar-refractivity contribution >= 4 is 17.5 Å². The standard InChI is InChI=1S/C17H24ClNO2/c1-13(20)15-5-3-11-19(12-15)17(21)6-2-4-14-7-9-16(18)10-8-14/h7-10,13,15,20H,2-6,11-12H2,1H3. The molecule has 0 saturated carbocycles. The third kappa shape index (κ3) is 5.01. The molecule has 1 amide bonds. The van der Waals surface area contributed by atoms with Crippen LogP contribution < -0.4 is 0 Å². The fraction of sp³-hybridized carbons (Fsp3) is 0.588. The smallest absolute Gasteiger partial charge is 0.222 e. The summed E-state index contributed by atoms with van der Waals surface area (Å²) in [7, 11) is 0. The van der Waals surface area contributed by atoms with E-state index in [-0.39, 0.29) is 17.9 Å². The zero-order valence-electron chi connectivity index (χ0n) is 12.6. The number of carbonyl (C=O) groups is 1. The number of aliphatic hydroxyl groups is 1. The molecule has 2 rings (SSSR count). The zero-order valence-corrected chi connectivity index (χ0v) is 13.4. The molecule has 2 atom stereocenters. The summed E-state index contributed by atoms with van der Waals surface area (Å²) in [5.41, 5.74) is 1.22. The van der Waals surface area contributed by atoms with E-state index >= 15 is 0 Å². The number of nitrogens with zero attached hydrogens (tertiary/aromatic N) is 1. The van der Waals surface area contributed by atoms with Crippen molar-refractivity contribution in [3.05, 3.63) is 34.9 Å². The molecule has 1 saturated heterocycles. The first kappa shape index (κ1) is 16.3. The predicted molar refractivity (Wildman–Crippen MR) is 85.4 cm³/mol. The lowest BCUT2D eigenvalue weighted by Gasteiger charge is -2.34. The molecule has 2 unspecified atom stereocenters. The molecule has 4 heteroatoms. The average molecular weight is 310 g/mol. The maximum absolute atomic E-state index is 12.2. The van der Waals surface area contributed by atoms with E-state index in [1.807, 2.05) is 36.1 Å². The van der Waals surface area contributed by atoms with Crippen molar-refractivity contribution in [2.75, 3.05) is 13.1 Å². The number of aliphatic hydroxyl groups excluding tert-OH is 1. The van der Waals surface area contributed by atoms with Gasteiger partial charge in [-0.05, 0) is 50.3 Å². The van der Waals surface area contributed by atoms with Gasteiger partial charge >= 0.3 is 0 Å². The number of rotatable bonds is 5. The average Bonchev–Trinajstić information content (AvgIpc) is 2.49. The Balaban J connectivity index is 1.75. The molecule has 0 aliphatic carbocycles. The zero-order chi connectivity index (χ0) is 15.2. The monoisotopic (exact) mass is 309 g/mol. The molecule has 1 aliphatic rings. The third-order valence-electron chi connectivity index (χ3n) is 4.26. The molecule has 116 valence electrons. The van der Waals surface area contributed by atoms with Crippen LogP contribution >= 0.6 is 11.6 Å². The van der Waals surface area contributed by atoms with Crippen LogP contribution in [0.15, 0.2) is 24.3 Å². The minimum Gasteiger partial charge on any atom is -0.393 e. The van der Waals surface area contributed by atoms with Gasteiger partial charge in [0.1, 0.15) is 0 Å². The van der Waals surface area contributed by atoms with Gasteiger partial charge < -0.3 is 10.0 Å². The molecule has 0 bridgehead atoms. The highest BCUT2D eigenvalue weighted by Crippen LogP contribution is 2.21. The Hall–Kier alpha value is -1.06. The van der Waals surface area contributed by atoms with Crippen LogP contribution in [0.4, 0.5) is 0 Å². The Kier molecular flexibility index (Phi) is 6.07. The van der Waals surface area contributed by atoms with Crippen LogP contribution in [-0.2, 0) is 11.2 Å². The molecule has 0 radical (unpaired) electrons. The first-order valence-electron chi connectivity index (χ1n) is 7.76. The van der Waals surface area contributed by atoms with E-state index in [2.05, 4.69) is 0 Å². The van der Waals surface area contributed by atoms with Gasteiger partial charge in [-0.3, -0.25) is 4.79 Å². The van der Waals surface area contributed by atoms with Gasteiger partial charge in [0.25, 0.3) is 0 Å². The van der Waals surface area contributed by atoms with Gasteiger partial charge in [-0.15, -0.1) is 0 Å². The number of amides is 1. The number of benzene rings is 1. The van der Waals surface area contributed by atoms with Crippen molar-refractivity contribution < 1.29 is 9.90 Å². The van der Waals surface area contributed by atoms with Gasteiger partial charge in [-0.1, -0.05) is 23.7 Å². The van der Waals surface area contributed by atoms with Crippen molar-refractivity contribution in [3.63, 3.8) is 0 Å². The van der Waals surface area contributed by atoms with Crippen LogP contribution in [0.2, 0.25) is 5.02 Å². The molecular weight excluding hydrogens is 286 g/mol. The van der Waals surface area contributed by atoms with Crippen LogP contribution in [-0.4, -0.2) is 35.1 Å². The van der Waals surface area contributed by atoms with E-state index in [0.717, 1.165) is 37.3 Å². The molecule has 0 aromatic heterocycles. The van der Waals surface area contributed by atoms with E-state index in [1.165, 1.54) is 5.56 Å². The first-order valence-corrected chi connectivity index (χ1v) is 8.14. The summed E-state index contributed by atoms with van der Waals surface area (Å²) in [5.74, 6) is 0.452. The maximum Gasteiger partial charge on any atom is 0.222 e. The maximum atomic E-state index is 12.2. The predicted octanol–water partition coefficient (Wildman–Crippen LogP) is 3.28. The normalized spacial score (nSPS) is 20.3. The lowest BCUT2D eigenvalue weighted by Crippen LogP contribution is -2.42. The number of aryl methyl sites for hydroxylation is 1. The molecule has 1 aromatic carbocycles. The van der Waals surface area contributed by atoms with E-state index in [9.17, 15) is 9.90 Å². The second-order valence-electron chi connectivity index (χ2n) is 5.96. The van der Waals surface area contributed by atoms with Crippen molar-refractivity contribution in [1.29, 1.82) is 0 Å². The number of likely N-dealkylation sites (tertiary alicyclic amines) is 1. The SMILES string of the molecule is CC(O)C1CCCN(C(=O)CCCc2ccc(Cl)cc2)C1. The lowest BCUT2D eigenvalue weighted by atomic mass is 9.93. The van der Waals surface area contributed by atoms with Gasteiger partial charge in [-0.2, -0.15) is 0 Å². The topological polar surface area (TPSA) is 40.5 Å². The Labute approximate surface area is 131 Å². The summed E-state index contributed by atoms with van der Waals surface area (Å²) in [6.45, 7) is 3.36. The number of hydrogen-bond acceptors (Lipinski definition) is 2. The number of piperidine rings is 1. The van der Waals surface area contributed by atoms with Crippen LogP contribution in [0.1, 0.15) is 38.2 Å². The van der Waals surface area contributed by atoms with E-state index in [4.69, 9.17) is 11.6 Å². The fourth-order valence-electron chi connectivity index (χ4n) is 2.88. The van der Waals surface area contributed by atoms with E-state index in [1.54, 1.807) is 0 Å². The van der Waals surface area contributed by atoms with Gasteiger partial charge in [-0.25, -0.2) is 0 Å². The molecule has 1 heterocycles. The summed E-state index contributed by atoms with van der Waals surface area (Å²) >= 11 is 5.86. The van der Waals surface area contributed by atoms with Crippen molar-refractivity contribution in [1.82, 2.24) is 4.90 Å². The Bertz CT molecular complexity index is 458. The number of carbonyl (C=O) groups excluding carboxylic acids is 1. The molecular formula is C17H24ClNO2. The highest BCUT2D eigenvalue weighted by atomic mass is 35.5. The Morgan fingerprint density at radius 3 is 2.81 bits per heavy atom. The summed E-state index contributed by atoms with van der Waals surface area (Å²) in [6.07, 6.45) is 4.03. The molecule has 1 aromatic rings. The summed E-state index contributed by atoms with van der Waals surface area (Å²) in [5, 5.41) is 10.4. The van der Waals surface area contributed by atoms with Crippen LogP contribution in [0.5, 0.6) is 0 Å². The van der Waals surface area contributed by atoms with Crippen LogP contribution in [0.3, 0.4) is 0 Å². The molecule has 21 heavy (non-hydrogen) atoms. The largest absolute Gasteiger partial charge is 0.393 e. The molecule has 1 N–H and O–H groups in total. The summed E-state index contributed by atoms with van der Waals surface area (Å²) < 4.78 is 0. The second kappa shape index (κ2) is 7.81. The fourth-order valence-corrected chi connectivity index (χ4v) is 3.01. The highest BCUT2D eigenvalue weighted by Gasteiger charge is 2.25. The molecule has 0 spiro atoms. The second-order valence-corrected chi connectivity index (χ2v) is 6.40.